The minimum atomic E-state index is -4.21. The summed E-state index contributed by atoms with van der Waals surface area (Å²) in [5, 5.41) is 3.65. The molecule has 4 aromatic carbocycles. The molecule has 4 rings (SSSR count). The summed E-state index contributed by atoms with van der Waals surface area (Å²) in [5.41, 5.74) is 1.73. The first-order valence-electron chi connectivity index (χ1n) is 12.9. The van der Waals surface area contributed by atoms with Crippen molar-refractivity contribution in [2.75, 3.05) is 17.9 Å². The van der Waals surface area contributed by atoms with E-state index in [2.05, 4.69) is 5.32 Å². The standard InChI is InChI=1S/C31H28Cl3N3O4S/c1-35-31(39)29(19-22-8-4-2-5-9-22)36(20-23-12-17-27(33)28(34)18-23)30(38)21-37(25-10-6-3-7-11-25)42(40,41)26-15-13-24(32)14-16-26/h2-18,29H,19-21H2,1H3,(H,35,39)/t29-/m1/s1. The van der Waals surface area contributed by atoms with Crippen molar-refractivity contribution >= 4 is 62.3 Å². The Kier molecular flexibility index (Phi) is 10.5. The molecule has 11 heteroatoms. The minimum absolute atomic E-state index is 0.0235. The first-order chi connectivity index (χ1) is 20.1. The molecule has 218 valence electrons. The fraction of sp³-hybridized carbons (Fsp3) is 0.161. The normalized spacial score (nSPS) is 11.9. The van der Waals surface area contributed by atoms with Gasteiger partial charge in [0.05, 0.1) is 20.6 Å². The molecule has 1 atom stereocenters. The van der Waals surface area contributed by atoms with E-state index >= 15 is 0 Å². The van der Waals surface area contributed by atoms with Crippen LogP contribution >= 0.6 is 34.8 Å². The van der Waals surface area contributed by atoms with Crippen LogP contribution in [0.5, 0.6) is 0 Å². The van der Waals surface area contributed by atoms with Gasteiger partial charge in [0.25, 0.3) is 10.0 Å². The molecule has 0 unspecified atom stereocenters. The number of halogens is 3. The molecule has 0 heterocycles. The summed E-state index contributed by atoms with van der Waals surface area (Å²) in [6.07, 6.45) is 0.197. The molecule has 2 amide bonds. The second kappa shape index (κ2) is 14.1. The summed E-state index contributed by atoms with van der Waals surface area (Å²) in [6.45, 7) is -0.594. The van der Waals surface area contributed by atoms with E-state index in [1.165, 1.54) is 36.2 Å². The van der Waals surface area contributed by atoms with E-state index in [0.717, 1.165) is 9.87 Å². The van der Waals surface area contributed by atoms with Gasteiger partial charge in [0.15, 0.2) is 0 Å². The van der Waals surface area contributed by atoms with Gasteiger partial charge in [-0.1, -0.05) is 89.4 Å². The zero-order chi connectivity index (χ0) is 30.3. The molecule has 0 aliphatic heterocycles. The first kappa shape index (κ1) is 31.4. The van der Waals surface area contributed by atoms with Gasteiger partial charge in [-0.15, -0.1) is 0 Å². The number of nitrogens with zero attached hydrogens (tertiary/aromatic N) is 2. The Labute approximate surface area is 260 Å². The third kappa shape index (κ3) is 7.63. The number of carbonyl (C=O) groups is 2. The monoisotopic (exact) mass is 643 g/mol. The van der Waals surface area contributed by atoms with Crippen LogP contribution in [0.15, 0.2) is 108 Å². The predicted octanol–water partition coefficient (Wildman–Crippen LogP) is 6.23. The van der Waals surface area contributed by atoms with Crippen LogP contribution in [0.4, 0.5) is 5.69 Å². The summed E-state index contributed by atoms with van der Waals surface area (Å²) < 4.78 is 28.8. The summed E-state index contributed by atoms with van der Waals surface area (Å²) in [5.74, 6) is -0.994. The summed E-state index contributed by atoms with van der Waals surface area (Å²) in [4.78, 5) is 28.8. The second-order valence-corrected chi connectivity index (χ2v) is 12.5. The topological polar surface area (TPSA) is 86.8 Å². The Bertz CT molecular complexity index is 1640. The highest BCUT2D eigenvalue weighted by Gasteiger charge is 2.34. The van der Waals surface area contributed by atoms with Crippen molar-refractivity contribution in [3.63, 3.8) is 0 Å². The number of nitrogens with one attached hydrogen (secondary N) is 1. The maximum absolute atomic E-state index is 14.2. The van der Waals surface area contributed by atoms with E-state index in [-0.39, 0.29) is 28.6 Å². The SMILES string of the molecule is CNC(=O)[C@@H](Cc1ccccc1)N(Cc1ccc(Cl)c(Cl)c1)C(=O)CN(c1ccccc1)S(=O)(=O)c1ccc(Cl)cc1. The number of amides is 2. The van der Waals surface area contributed by atoms with Gasteiger partial charge in [-0.25, -0.2) is 8.42 Å². The second-order valence-electron chi connectivity index (χ2n) is 9.39. The summed E-state index contributed by atoms with van der Waals surface area (Å²) >= 11 is 18.4. The van der Waals surface area contributed by atoms with Crippen LogP contribution < -0.4 is 9.62 Å². The van der Waals surface area contributed by atoms with Crippen LogP contribution in [0.1, 0.15) is 11.1 Å². The Morgan fingerprint density at radius 1 is 0.786 bits per heavy atom. The largest absolute Gasteiger partial charge is 0.357 e. The lowest BCUT2D eigenvalue weighted by atomic mass is 10.0. The molecular formula is C31H28Cl3N3O4S. The number of carbonyl (C=O) groups excluding carboxylic acids is 2. The Morgan fingerprint density at radius 2 is 1.40 bits per heavy atom. The van der Waals surface area contributed by atoms with Gasteiger partial charge < -0.3 is 10.2 Å². The van der Waals surface area contributed by atoms with Gasteiger partial charge in [-0.3, -0.25) is 13.9 Å². The van der Waals surface area contributed by atoms with E-state index < -0.39 is 34.4 Å². The molecule has 0 saturated carbocycles. The van der Waals surface area contributed by atoms with Crippen LogP contribution in [0.2, 0.25) is 15.1 Å². The third-order valence-electron chi connectivity index (χ3n) is 6.58. The molecule has 7 nitrogen and oxygen atoms in total. The van der Waals surface area contributed by atoms with Crippen molar-refractivity contribution < 1.29 is 18.0 Å². The van der Waals surface area contributed by atoms with Crippen LogP contribution in [-0.4, -0.2) is 44.8 Å². The molecule has 0 bridgehead atoms. The summed E-state index contributed by atoms with van der Waals surface area (Å²) in [7, 11) is -2.72. The molecule has 0 radical (unpaired) electrons. The smallest absolute Gasteiger partial charge is 0.264 e. The lowest BCUT2D eigenvalue weighted by molar-refractivity contribution is -0.139. The maximum atomic E-state index is 14.2. The Hall–Kier alpha value is -3.56. The molecule has 0 aromatic heterocycles. The number of para-hydroxylation sites is 1. The van der Waals surface area contributed by atoms with Crippen molar-refractivity contribution in [2.45, 2.75) is 23.9 Å². The van der Waals surface area contributed by atoms with E-state index in [4.69, 9.17) is 34.8 Å². The van der Waals surface area contributed by atoms with Gasteiger partial charge in [-0.05, 0) is 59.7 Å². The van der Waals surface area contributed by atoms with Gasteiger partial charge in [0.1, 0.15) is 12.6 Å². The number of anilines is 1. The van der Waals surface area contributed by atoms with Gasteiger partial charge in [-0.2, -0.15) is 0 Å². The molecule has 1 N–H and O–H groups in total. The van der Waals surface area contributed by atoms with Crippen LogP contribution in [0.3, 0.4) is 0 Å². The minimum Gasteiger partial charge on any atom is -0.357 e. The van der Waals surface area contributed by atoms with Crippen LogP contribution in [-0.2, 0) is 32.6 Å². The van der Waals surface area contributed by atoms with E-state index in [1.807, 2.05) is 30.3 Å². The quantitative estimate of drug-likeness (QED) is 0.210. The lowest BCUT2D eigenvalue weighted by Crippen LogP contribution is -2.53. The maximum Gasteiger partial charge on any atom is 0.264 e. The zero-order valence-corrected chi connectivity index (χ0v) is 25.7. The average molecular weight is 645 g/mol. The number of sulfonamides is 1. The zero-order valence-electron chi connectivity index (χ0n) is 22.6. The van der Waals surface area contributed by atoms with E-state index in [1.54, 1.807) is 48.5 Å². The summed E-state index contributed by atoms with van der Waals surface area (Å²) in [6, 6.07) is 27.3. The fourth-order valence-corrected chi connectivity index (χ4v) is 6.27. The van der Waals surface area contributed by atoms with Gasteiger partial charge >= 0.3 is 0 Å². The molecular weight excluding hydrogens is 617 g/mol. The highest BCUT2D eigenvalue weighted by Crippen LogP contribution is 2.27. The number of hydrogen-bond donors (Lipinski definition) is 1. The third-order valence-corrected chi connectivity index (χ3v) is 9.36. The van der Waals surface area contributed by atoms with Gasteiger partial charge in [0.2, 0.25) is 11.8 Å². The highest BCUT2D eigenvalue weighted by molar-refractivity contribution is 7.92. The van der Waals surface area contributed by atoms with Crippen molar-refractivity contribution in [3.8, 4) is 0 Å². The lowest BCUT2D eigenvalue weighted by Gasteiger charge is -2.33. The number of rotatable bonds is 11. The number of benzene rings is 4. The van der Waals surface area contributed by atoms with E-state index in [0.29, 0.717) is 15.6 Å². The molecule has 0 aliphatic rings. The molecule has 42 heavy (non-hydrogen) atoms. The van der Waals surface area contributed by atoms with Crippen molar-refractivity contribution in [1.29, 1.82) is 0 Å². The molecule has 4 aromatic rings. The number of likely N-dealkylation sites (N-methyl/N-ethyl adjacent to an activating group) is 1. The van der Waals surface area contributed by atoms with Crippen LogP contribution in [0, 0.1) is 0 Å². The van der Waals surface area contributed by atoms with Crippen LogP contribution in [0.25, 0.3) is 0 Å². The molecule has 0 saturated heterocycles. The van der Waals surface area contributed by atoms with Crippen molar-refractivity contribution in [1.82, 2.24) is 10.2 Å². The van der Waals surface area contributed by atoms with E-state index in [9.17, 15) is 18.0 Å². The average Bonchev–Trinajstić information content (AvgIpc) is 3.00. The highest BCUT2D eigenvalue weighted by atomic mass is 35.5. The Balaban J connectivity index is 1.78. The van der Waals surface area contributed by atoms with Crippen molar-refractivity contribution in [3.05, 3.63) is 129 Å². The first-order valence-corrected chi connectivity index (χ1v) is 15.5. The Morgan fingerprint density at radius 3 is 2.00 bits per heavy atom. The molecule has 0 spiro atoms. The van der Waals surface area contributed by atoms with Gasteiger partial charge in [0, 0.05) is 25.0 Å². The van der Waals surface area contributed by atoms with Crippen molar-refractivity contribution in [2.24, 2.45) is 0 Å². The fourth-order valence-electron chi connectivity index (χ4n) is 4.41. The number of hydrogen-bond acceptors (Lipinski definition) is 4. The molecule has 0 aliphatic carbocycles. The predicted molar refractivity (Wildman–Crippen MR) is 167 cm³/mol. The molecule has 0 fully saturated rings.